The van der Waals surface area contributed by atoms with E-state index >= 15 is 0 Å². The molecule has 2 rings (SSSR count). The molecule has 1 aromatic heterocycles. The second-order valence-electron chi connectivity index (χ2n) is 6.20. The van der Waals surface area contributed by atoms with Gasteiger partial charge in [0, 0.05) is 24.6 Å². The van der Waals surface area contributed by atoms with Gasteiger partial charge in [-0.15, -0.1) is 11.6 Å². The Balaban J connectivity index is 2.17. The molecule has 0 aliphatic carbocycles. The summed E-state index contributed by atoms with van der Waals surface area (Å²) in [5.74, 6) is -0.537. The quantitative estimate of drug-likeness (QED) is 0.314. The number of aliphatic imine (C=N–C) groups is 1. The summed E-state index contributed by atoms with van der Waals surface area (Å²) >= 11 is 6.25. The third-order valence-electron chi connectivity index (χ3n) is 3.75. The number of carbonyl (C=O) groups excluding carboxylic acids is 1. The summed E-state index contributed by atoms with van der Waals surface area (Å²) in [6, 6.07) is 4.27. The molecule has 1 heterocycles. The highest BCUT2D eigenvalue weighted by atomic mass is 35.5. The number of carbonyl (C=O) groups is 1. The lowest BCUT2D eigenvalue weighted by Gasteiger charge is -2.14. The number of benzene rings is 1. The third kappa shape index (κ3) is 6.35. The smallest absolute Gasteiger partial charge is 0.247 e. The van der Waals surface area contributed by atoms with Crippen LogP contribution in [0.15, 0.2) is 60.0 Å². The number of amides is 1. The van der Waals surface area contributed by atoms with Crippen molar-refractivity contribution >= 4 is 34.7 Å². The summed E-state index contributed by atoms with van der Waals surface area (Å²) in [5, 5.41) is 9.24. The van der Waals surface area contributed by atoms with Gasteiger partial charge in [0.25, 0.3) is 0 Å². The number of anilines is 2. The number of alkyl halides is 1. The van der Waals surface area contributed by atoms with Crippen LogP contribution in [0.5, 0.6) is 0 Å². The summed E-state index contributed by atoms with van der Waals surface area (Å²) in [6.07, 6.45) is 7.48. The van der Waals surface area contributed by atoms with Crippen LogP contribution in [-0.4, -0.2) is 26.9 Å². The lowest BCUT2D eigenvalue weighted by Crippen LogP contribution is -2.21. The normalized spacial score (nSPS) is 13.2. The monoisotopic (exact) mass is 403 g/mol. The number of rotatable bonds is 7. The number of aryl methyl sites for hydroxylation is 1. The molecule has 148 valence electrons. The molecular formula is C20H23ClFN5O. The number of hydrogen-bond acceptors (Lipinski definition) is 3. The van der Waals surface area contributed by atoms with Crippen molar-refractivity contribution in [2.45, 2.75) is 25.6 Å². The topological polar surface area (TPSA) is 71.3 Å². The Labute approximate surface area is 168 Å². The minimum atomic E-state index is -0.550. The molecule has 0 saturated heterocycles. The minimum absolute atomic E-state index is 0.0420. The molecule has 1 atom stereocenters. The molecule has 0 saturated carbocycles. The molecule has 28 heavy (non-hydrogen) atoms. The lowest BCUT2D eigenvalue weighted by molar-refractivity contribution is -0.111. The van der Waals surface area contributed by atoms with Crippen molar-refractivity contribution in [2.24, 2.45) is 12.0 Å². The maximum Gasteiger partial charge on any atom is 0.247 e. The molecule has 2 aromatic rings. The van der Waals surface area contributed by atoms with E-state index in [4.69, 9.17) is 11.6 Å². The Morgan fingerprint density at radius 2 is 2.21 bits per heavy atom. The van der Waals surface area contributed by atoms with E-state index in [0.717, 1.165) is 17.3 Å². The first kappa shape index (κ1) is 21.4. The molecule has 0 radical (unpaired) electrons. The standard InChI is InChI=1S/C20H23ClFN5O/c1-5-19(28)26-18-10-16(8-9-17(18)22)25-20(14(3)21)24-13(2)6-7-15-11-23-27(4)12-15/h5-6,8-12,14H,1,7H2,2-4H3,(H,24,25)(H,26,28)/b13-6-. The lowest BCUT2D eigenvalue weighted by atomic mass is 10.2. The average molecular weight is 404 g/mol. The van der Waals surface area contributed by atoms with Crippen LogP contribution in [0.1, 0.15) is 19.4 Å². The molecule has 1 unspecified atom stereocenters. The molecule has 0 aliphatic rings. The van der Waals surface area contributed by atoms with Gasteiger partial charge in [-0.2, -0.15) is 5.10 Å². The summed E-state index contributed by atoms with van der Waals surface area (Å²) in [7, 11) is 1.86. The fraction of sp³-hybridized carbons (Fsp3) is 0.250. The van der Waals surface area contributed by atoms with Gasteiger partial charge < -0.3 is 10.6 Å². The molecule has 6 nitrogen and oxygen atoms in total. The van der Waals surface area contributed by atoms with E-state index in [-0.39, 0.29) is 5.69 Å². The van der Waals surface area contributed by atoms with Crippen molar-refractivity contribution in [3.05, 3.63) is 66.4 Å². The van der Waals surface area contributed by atoms with E-state index < -0.39 is 17.1 Å². The van der Waals surface area contributed by atoms with Crippen LogP contribution in [0, 0.1) is 5.82 Å². The Kier molecular flexibility index (Phi) is 7.52. The molecule has 1 aromatic carbocycles. The van der Waals surface area contributed by atoms with E-state index in [1.165, 1.54) is 12.1 Å². The van der Waals surface area contributed by atoms with Crippen LogP contribution >= 0.6 is 11.6 Å². The molecule has 0 bridgehead atoms. The maximum atomic E-state index is 13.9. The Bertz CT molecular complexity index is 917. The van der Waals surface area contributed by atoms with Gasteiger partial charge in [-0.25, -0.2) is 9.38 Å². The maximum absolute atomic E-state index is 13.9. The van der Waals surface area contributed by atoms with E-state index in [2.05, 4.69) is 27.3 Å². The number of hydrogen-bond donors (Lipinski definition) is 2. The van der Waals surface area contributed by atoms with E-state index in [0.29, 0.717) is 17.9 Å². The fourth-order valence-electron chi connectivity index (χ4n) is 2.33. The predicted octanol–water partition coefficient (Wildman–Crippen LogP) is 4.27. The molecule has 0 fully saturated rings. The van der Waals surface area contributed by atoms with Crippen molar-refractivity contribution in [3.8, 4) is 0 Å². The fourth-order valence-corrected chi connectivity index (χ4v) is 2.43. The zero-order valence-corrected chi connectivity index (χ0v) is 16.8. The van der Waals surface area contributed by atoms with Gasteiger partial charge >= 0.3 is 0 Å². The van der Waals surface area contributed by atoms with Crippen molar-refractivity contribution in [1.29, 1.82) is 0 Å². The van der Waals surface area contributed by atoms with Crippen molar-refractivity contribution in [3.63, 3.8) is 0 Å². The van der Waals surface area contributed by atoms with Gasteiger partial charge in [0.05, 0.1) is 17.3 Å². The van der Waals surface area contributed by atoms with Crippen LogP contribution < -0.4 is 10.6 Å². The Hall–Kier alpha value is -2.93. The molecular weight excluding hydrogens is 381 g/mol. The van der Waals surface area contributed by atoms with Crippen molar-refractivity contribution < 1.29 is 9.18 Å². The summed E-state index contributed by atoms with van der Waals surface area (Å²) in [4.78, 5) is 16.0. The molecule has 1 amide bonds. The van der Waals surface area contributed by atoms with Gasteiger partial charge in [-0.1, -0.05) is 12.7 Å². The SMILES string of the molecule is C=CC(=O)Nc1cc(NC(=N/C(C)=C\Cc2cnn(C)c2)C(C)Cl)ccc1F. The largest absolute Gasteiger partial charge is 0.342 e. The van der Waals surface area contributed by atoms with Crippen LogP contribution in [0.25, 0.3) is 0 Å². The molecule has 0 spiro atoms. The van der Waals surface area contributed by atoms with Crippen LogP contribution in [-0.2, 0) is 18.3 Å². The summed E-state index contributed by atoms with van der Waals surface area (Å²) in [6.45, 7) is 7.01. The van der Waals surface area contributed by atoms with E-state index in [1.807, 2.05) is 26.2 Å². The summed E-state index contributed by atoms with van der Waals surface area (Å²) < 4.78 is 15.6. The number of amidine groups is 1. The predicted molar refractivity (Wildman–Crippen MR) is 112 cm³/mol. The third-order valence-corrected chi connectivity index (χ3v) is 3.95. The molecule has 0 aliphatic heterocycles. The van der Waals surface area contributed by atoms with Crippen LogP contribution in [0.4, 0.5) is 15.8 Å². The second kappa shape index (κ2) is 9.85. The first-order valence-corrected chi connectivity index (χ1v) is 9.09. The van der Waals surface area contributed by atoms with Gasteiger partial charge in [0.1, 0.15) is 11.7 Å². The second-order valence-corrected chi connectivity index (χ2v) is 6.85. The number of allylic oxidation sites excluding steroid dienone is 2. The van der Waals surface area contributed by atoms with Crippen molar-refractivity contribution in [1.82, 2.24) is 9.78 Å². The molecule has 2 N–H and O–H groups in total. The van der Waals surface area contributed by atoms with E-state index in [1.54, 1.807) is 23.9 Å². The van der Waals surface area contributed by atoms with Gasteiger partial charge in [0.15, 0.2) is 0 Å². The van der Waals surface area contributed by atoms with Gasteiger partial charge in [-0.05, 0) is 50.1 Å². The number of aromatic nitrogens is 2. The number of halogens is 2. The van der Waals surface area contributed by atoms with Gasteiger partial charge in [-0.3, -0.25) is 9.48 Å². The number of nitrogens with zero attached hydrogens (tertiary/aromatic N) is 3. The van der Waals surface area contributed by atoms with Gasteiger partial charge in [0.2, 0.25) is 5.91 Å². The number of nitrogens with one attached hydrogen (secondary N) is 2. The highest BCUT2D eigenvalue weighted by molar-refractivity contribution is 6.33. The average Bonchev–Trinajstić information content (AvgIpc) is 3.07. The zero-order chi connectivity index (χ0) is 20.7. The summed E-state index contributed by atoms with van der Waals surface area (Å²) in [5.41, 5.74) is 2.44. The van der Waals surface area contributed by atoms with E-state index in [9.17, 15) is 9.18 Å². The van der Waals surface area contributed by atoms with Crippen molar-refractivity contribution in [2.75, 3.05) is 10.6 Å². The Morgan fingerprint density at radius 1 is 1.46 bits per heavy atom. The van der Waals surface area contributed by atoms with Crippen LogP contribution in [0.3, 0.4) is 0 Å². The Morgan fingerprint density at radius 3 is 2.82 bits per heavy atom. The highest BCUT2D eigenvalue weighted by Crippen LogP contribution is 2.21. The van der Waals surface area contributed by atoms with Crippen LogP contribution in [0.2, 0.25) is 0 Å². The first-order chi connectivity index (χ1) is 13.3. The zero-order valence-electron chi connectivity index (χ0n) is 16.0. The highest BCUT2D eigenvalue weighted by Gasteiger charge is 2.11. The first-order valence-electron chi connectivity index (χ1n) is 8.65. The minimum Gasteiger partial charge on any atom is -0.342 e. The molecule has 8 heteroatoms.